The fourth-order valence-electron chi connectivity index (χ4n) is 3.32. The third kappa shape index (κ3) is 3.46. The van der Waals surface area contributed by atoms with Crippen LogP contribution in [0.3, 0.4) is 0 Å². The van der Waals surface area contributed by atoms with Crippen LogP contribution in [0.15, 0.2) is 12.7 Å². The molecule has 0 aromatic rings. The quantitative estimate of drug-likeness (QED) is 0.594. The zero-order chi connectivity index (χ0) is 16.8. The molecule has 1 N–H and O–H groups in total. The first-order valence-corrected chi connectivity index (χ1v) is 7.96. The predicted molar refractivity (Wildman–Crippen MR) is 79.5 cm³/mol. The molecule has 0 spiro atoms. The summed E-state index contributed by atoms with van der Waals surface area (Å²) in [6.45, 7) is 11.4. The number of aliphatic hydroxyl groups is 1. The van der Waals surface area contributed by atoms with Crippen molar-refractivity contribution in [3.63, 3.8) is 0 Å². The molecule has 3 fully saturated rings. The zero-order valence-corrected chi connectivity index (χ0v) is 14.1. The van der Waals surface area contributed by atoms with Crippen molar-refractivity contribution in [2.45, 2.75) is 76.1 Å². The van der Waals surface area contributed by atoms with E-state index in [1.165, 1.54) is 0 Å². The van der Waals surface area contributed by atoms with Gasteiger partial charge in [-0.3, -0.25) is 0 Å². The fourth-order valence-corrected chi connectivity index (χ4v) is 3.32. The van der Waals surface area contributed by atoms with Gasteiger partial charge in [-0.1, -0.05) is 6.08 Å². The van der Waals surface area contributed by atoms with Crippen LogP contribution in [0.4, 0.5) is 0 Å². The number of ether oxygens (including phenoxy) is 6. The van der Waals surface area contributed by atoms with Crippen molar-refractivity contribution in [1.82, 2.24) is 0 Å². The minimum absolute atomic E-state index is 0.116. The molecule has 3 aliphatic rings. The van der Waals surface area contributed by atoms with E-state index in [1.54, 1.807) is 6.08 Å². The van der Waals surface area contributed by atoms with Crippen molar-refractivity contribution in [2.24, 2.45) is 0 Å². The molecule has 0 unspecified atom stereocenters. The maximum atomic E-state index is 10.5. The lowest BCUT2D eigenvalue weighted by Crippen LogP contribution is -2.59. The Bertz CT molecular complexity index is 450. The van der Waals surface area contributed by atoms with Gasteiger partial charge in [-0.25, -0.2) is 0 Å². The summed E-state index contributed by atoms with van der Waals surface area (Å²) in [6, 6.07) is 0. The van der Waals surface area contributed by atoms with Crippen LogP contribution in [0.1, 0.15) is 27.7 Å². The van der Waals surface area contributed by atoms with Gasteiger partial charge in [0.25, 0.3) is 0 Å². The van der Waals surface area contributed by atoms with Crippen LogP contribution in [0.2, 0.25) is 0 Å². The Balaban J connectivity index is 1.77. The Kier molecular flexibility index (Phi) is 4.57. The van der Waals surface area contributed by atoms with Crippen molar-refractivity contribution in [3.8, 4) is 0 Å². The van der Waals surface area contributed by atoms with Crippen molar-refractivity contribution < 1.29 is 33.5 Å². The van der Waals surface area contributed by atoms with Crippen LogP contribution in [-0.2, 0) is 28.4 Å². The molecule has 6 atom stereocenters. The standard InChI is InChI=1S/C16H26O7/c1-6-7-18-8-9(17)10-11-12(21-15(2,3)20-11)13-14(19-10)23-16(4,5)22-13/h6,9-14,17H,1,7-8H2,2-5H3/t9-,10-,11+,12+,13-,14-/m1/s1. The van der Waals surface area contributed by atoms with Crippen molar-refractivity contribution >= 4 is 0 Å². The second-order valence-corrected chi connectivity index (χ2v) is 7.03. The summed E-state index contributed by atoms with van der Waals surface area (Å²) in [5.41, 5.74) is 0. The summed E-state index contributed by atoms with van der Waals surface area (Å²) in [6.07, 6.45) is -1.69. The predicted octanol–water partition coefficient (Wildman–Crippen LogP) is 0.946. The normalized spacial score (nSPS) is 42.0. The highest BCUT2D eigenvalue weighted by molar-refractivity contribution is 5.01. The monoisotopic (exact) mass is 330 g/mol. The number of rotatable bonds is 5. The fraction of sp³-hybridized carbons (Fsp3) is 0.875. The Labute approximate surface area is 136 Å². The van der Waals surface area contributed by atoms with Gasteiger partial charge in [-0.15, -0.1) is 6.58 Å². The molecule has 7 nitrogen and oxygen atoms in total. The molecular weight excluding hydrogens is 304 g/mol. The molecule has 3 rings (SSSR count). The summed E-state index contributed by atoms with van der Waals surface area (Å²) in [5.74, 6) is -1.54. The number of hydrogen-bond donors (Lipinski definition) is 1. The zero-order valence-electron chi connectivity index (χ0n) is 14.1. The number of fused-ring (bicyclic) bond motifs is 3. The highest BCUT2D eigenvalue weighted by Gasteiger charge is 2.61. The van der Waals surface area contributed by atoms with E-state index in [1.807, 2.05) is 27.7 Å². The molecule has 3 aliphatic heterocycles. The molecule has 0 radical (unpaired) electrons. The Morgan fingerprint density at radius 3 is 2.35 bits per heavy atom. The lowest BCUT2D eigenvalue weighted by Gasteiger charge is -2.39. The van der Waals surface area contributed by atoms with Gasteiger partial charge in [-0.05, 0) is 27.7 Å². The van der Waals surface area contributed by atoms with Gasteiger partial charge in [0.2, 0.25) is 0 Å². The molecule has 0 aliphatic carbocycles. The number of aliphatic hydroxyl groups excluding tert-OH is 1. The molecule has 7 heteroatoms. The van der Waals surface area contributed by atoms with E-state index in [9.17, 15) is 5.11 Å². The van der Waals surface area contributed by atoms with E-state index in [-0.39, 0.29) is 12.7 Å². The first-order valence-electron chi connectivity index (χ1n) is 7.96. The average molecular weight is 330 g/mol. The van der Waals surface area contributed by atoms with Crippen LogP contribution >= 0.6 is 0 Å². The lowest BCUT2D eigenvalue weighted by atomic mass is 9.95. The smallest absolute Gasteiger partial charge is 0.190 e. The minimum atomic E-state index is -0.867. The van der Waals surface area contributed by atoms with Gasteiger partial charge in [-0.2, -0.15) is 0 Å². The molecule has 132 valence electrons. The first-order chi connectivity index (χ1) is 10.7. The van der Waals surface area contributed by atoms with E-state index in [2.05, 4.69) is 6.58 Å². The Morgan fingerprint density at radius 2 is 1.65 bits per heavy atom. The summed E-state index contributed by atoms with van der Waals surface area (Å²) >= 11 is 0. The SMILES string of the molecule is C=CCOC[C@@H](O)[C@H]1O[C@@H]2OC(C)(C)O[C@@H]2[C@H]2OC(C)(C)O[C@H]21. The Morgan fingerprint density at radius 1 is 1.04 bits per heavy atom. The van der Waals surface area contributed by atoms with Crippen LogP contribution in [0.5, 0.6) is 0 Å². The largest absolute Gasteiger partial charge is 0.388 e. The van der Waals surface area contributed by atoms with Gasteiger partial charge >= 0.3 is 0 Å². The van der Waals surface area contributed by atoms with Crippen molar-refractivity contribution in [3.05, 3.63) is 12.7 Å². The second kappa shape index (κ2) is 6.07. The van der Waals surface area contributed by atoms with Crippen molar-refractivity contribution in [1.29, 1.82) is 0 Å². The summed E-state index contributed by atoms with van der Waals surface area (Å²) < 4.78 is 34.9. The van der Waals surface area contributed by atoms with Gasteiger partial charge in [0.15, 0.2) is 17.9 Å². The van der Waals surface area contributed by atoms with Gasteiger partial charge in [0, 0.05) is 0 Å². The van der Waals surface area contributed by atoms with Gasteiger partial charge < -0.3 is 33.5 Å². The molecular formula is C16H26O7. The van der Waals surface area contributed by atoms with E-state index < -0.39 is 42.3 Å². The van der Waals surface area contributed by atoms with Crippen LogP contribution in [0.25, 0.3) is 0 Å². The van der Waals surface area contributed by atoms with E-state index in [0.717, 1.165) is 0 Å². The first kappa shape index (κ1) is 17.3. The van der Waals surface area contributed by atoms with Crippen LogP contribution in [0, 0.1) is 0 Å². The maximum absolute atomic E-state index is 10.5. The second-order valence-electron chi connectivity index (χ2n) is 7.03. The van der Waals surface area contributed by atoms with Gasteiger partial charge in [0.1, 0.15) is 30.5 Å². The minimum Gasteiger partial charge on any atom is -0.388 e. The Hall–Kier alpha value is -0.540. The third-order valence-electron chi connectivity index (χ3n) is 4.09. The van der Waals surface area contributed by atoms with Gasteiger partial charge in [0.05, 0.1) is 13.2 Å². The number of hydrogen-bond acceptors (Lipinski definition) is 7. The van der Waals surface area contributed by atoms with E-state index in [4.69, 9.17) is 28.4 Å². The third-order valence-corrected chi connectivity index (χ3v) is 4.09. The molecule has 0 saturated carbocycles. The summed E-state index contributed by atoms with van der Waals surface area (Å²) in [5, 5.41) is 10.5. The molecule has 0 aromatic heterocycles. The highest BCUT2D eigenvalue weighted by Crippen LogP contribution is 2.44. The summed E-state index contributed by atoms with van der Waals surface area (Å²) in [4.78, 5) is 0. The van der Waals surface area contributed by atoms with Crippen LogP contribution < -0.4 is 0 Å². The van der Waals surface area contributed by atoms with E-state index in [0.29, 0.717) is 6.61 Å². The molecule has 0 aromatic carbocycles. The molecule has 0 bridgehead atoms. The lowest BCUT2D eigenvalue weighted by molar-refractivity contribution is -0.256. The molecule has 23 heavy (non-hydrogen) atoms. The van der Waals surface area contributed by atoms with E-state index >= 15 is 0 Å². The molecule has 0 amide bonds. The molecule has 3 heterocycles. The highest BCUT2D eigenvalue weighted by atomic mass is 16.9. The van der Waals surface area contributed by atoms with Crippen molar-refractivity contribution in [2.75, 3.05) is 13.2 Å². The van der Waals surface area contributed by atoms with Crippen LogP contribution in [-0.4, -0.2) is 66.7 Å². The maximum Gasteiger partial charge on any atom is 0.190 e. The summed E-state index contributed by atoms with van der Waals surface area (Å²) in [7, 11) is 0. The molecule has 3 saturated heterocycles. The average Bonchev–Trinajstić information content (AvgIpc) is 2.92. The topological polar surface area (TPSA) is 75.6 Å².